The Morgan fingerprint density at radius 3 is 2.68 bits per heavy atom. The summed E-state index contributed by atoms with van der Waals surface area (Å²) in [5, 5.41) is 6.72. The lowest BCUT2D eigenvalue weighted by atomic mass is 10.1. The summed E-state index contributed by atoms with van der Waals surface area (Å²) in [6, 6.07) is 5.84. The smallest absolute Gasteiger partial charge is 0.211 e. The largest absolute Gasteiger partial charge is 0.374 e. The molecule has 12 heteroatoms. The lowest BCUT2D eigenvalue weighted by Crippen LogP contribution is -2.48. The van der Waals surface area contributed by atoms with Crippen molar-refractivity contribution in [1.29, 1.82) is 0 Å². The molecular weight excluding hydrogens is 456 g/mol. The van der Waals surface area contributed by atoms with Gasteiger partial charge in [0.15, 0.2) is 5.82 Å². The van der Waals surface area contributed by atoms with Crippen LogP contribution in [0.3, 0.4) is 0 Å². The molecule has 0 aromatic carbocycles. The van der Waals surface area contributed by atoms with Crippen LogP contribution in [0, 0.1) is 0 Å². The molecule has 11 nitrogen and oxygen atoms in total. The minimum Gasteiger partial charge on any atom is -0.374 e. The summed E-state index contributed by atoms with van der Waals surface area (Å²) < 4.78 is 30.8. The van der Waals surface area contributed by atoms with Gasteiger partial charge in [-0.15, -0.1) is 0 Å². The average Bonchev–Trinajstić information content (AvgIpc) is 2.87. The molecular formula is C22H28N8O3S. The monoisotopic (exact) mass is 484 g/mol. The number of anilines is 2. The molecule has 1 atom stereocenters. The van der Waals surface area contributed by atoms with E-state index in [0.29, 0.717) is 50.7 Å². The first kappa shape index (κ1) is 22.8. The van der Waals surface area contributed by atoms with E-state index in [0.717, 1.165) is 35.7 Å². The Kier molecular flexibility index (Phi) is 6.55. The number of pyridine rings is 2. The van der Waals surface area contributed by atoms with E-state index in [-0.39, 0.29) is 6.10 Å². The first-order valence-electron chi connectivity index (χ1n) is 11.3. The van der Waals surface area contributed by atoms with Crippen molar-refractivity contribution >= 4 is 32.7 Å². The van der Waals surface area contributed by atoms with Gasteiger partial charge in [0.25, 0.3) is 0 Å². The number of morpholine rings is 1. The number of piperazine rings is 1. The molecule has 0 aliphatic carbocycles. The summed E-state index contributed by atoms with van der Waals surface area (Å²) in [4.78, 5) is 20.5. The summed E-state index contributed by atoms with van der Waals surface area (Å²) >= 11 is 0. The fraction of sp³-hybridized carbons (Fsp3) is 0.455. The van der Waals surface area contributed by atoms with Gasteiger partial charge in [-0.1, -0.05) is 0 Å². The van der Waals surface area contributed by atoms with E-state index in [1.807, 2.05) is 18.2 Å². The summed E-state index contributed by atoms with van der Waals surface area (Å²) in [6.45, 7) is 5.11. The number of nitrogens with one attached hydrogen (secondary N) is 2. The van der Waals surface area contributed by atoms with E-state index in [1.54, 1.807) is 18.6 Å². The fourth-order valence-electron chi connectivity index (χ4n) is 4.18. The molecule has 2 aliphatic heterocycles. The number of nitrogens with zero attached hydrogens (tertiary/aromatic N) is 6. The normalized spacial score (nSPS) is 19.9. The molecule has 0 spiro atoms. The highest BCUT2D eigenvalue weighted by Gasteiger charge is 2.24. The lowest BCUT2D eigenvalue weighted by molar-refractivity contribution is 0.0372. The van der Waals surface area contributed by atoms with E-state index >= 15 is 0 Å². The van der Waals surface area contributed by atoms with Crippen molar-refractivity contribution in [1.82, 2.24) is 29.6 Å². The first-order valence-corrected chi connectivity index (χ1v) is 13.2. The molecule has 3 aromatic heterocycles. The molecule has 0 amide bonds. The van der Waals surface area contributed by atoms with E-state index in [4.69, 9.17) is 9.72 Å². The van der Waals surface area contributed by atoms with Crippen LogP contribution in [0.5, 0.6) is 0 Å². The number of hydrogen-bond donors (Lipinski definition) is 2. The molecule has 0 unspecified atom stereocenters. The number of aromatic nitrogens is 4. The van der Waals surface area contributed by atoms with Crippen molar-refractivity contribution < 1.29 is 13.2 Å². The predicted molar refractivity (Wildman–Crippen MR) is 130 cm³/mol. The van der Waals surface area contributed by atoms with Crippen LogP contribution in [0.4, 0.5) is 11.6 Å². The van der Waals surface area contributed by atoms with Crippen molar-refractivity contribution in [2.24, 2.45) is 0 Å². The third kappa shape index (κ3) is 5.09. The van der Waals surface area contributed by atoms with Crippen molar-refractivity contribution in [3.05, 3.63) is 36.8 Å². The van der Waals surface area contributed by atoms with Crippen LogP contribution in [0.15, 0.2) is 36.8 Å². The van der Waals surface area contributed by atoms with Crippen LogP contribution < -0.4 is 15.5 Å². The molecule has 0 saturated carbocycles. The van der Waals surface area contributed by atoms with Crippen molar-refractivity contribution in [3.63, 3.8) is 0 Å². The van der Waals surface area contributed by atoms with Crippen LogP contribution >= 0.6 is 0 Å². The SMILES string of the molecule is CS(=O)(=O)N1CCN(c2ccc(-c3cc4nccnc4c(NC[C@@H]4CNCCO4)n3)cn2)CC1. The van der Waals surface area contributed by atoms with Crippen LogP contribution in [0.25, 0.3) is 22.3 Å². The molecule has 3 aromatic rings. The fourth-order valence-corrected chi connectivity index (χ4v) is 5.00. The van der Waals surface area contributed by atoms with Gasteiger partial charge in [-0.3, -0.25) is 4.98 Å². The third-order valence-electron chi connectivity index (χ3n) is 6.03. The molecule has 5 heterocycles. The average molecular weight is 485 g/mol. The number of fused-ring (bicyclic) bond motifs is 1. The Balaban J connectivity index is 1.34. The minimum absolute atomic E-state index is 0.0649. The van der Waals surface area contributed by atoms with Crippen LogP contribution in [-0.4, -0.2) is 97.4 Å². The Labute approximate surface area is 198 Å². The maximum absolute atomic E-state index is 11.7. The second-order valence-corrected chi connectivity index (χ2v) is 10.4. The zero-order valence-electron chi connectivity index (χ0n) is 19.0. The molecule has 2 fully saturated rings. The van der Waals surface area contributed by atoms with Gasteiger partial charge < -0.3 is 20.3 Å². The summed E-state index contributed by atoms with van der Waals surface area (Å²) in [7, 11) is -3.16. The topological polar surface area (TPSA) is 125 Å². The Morgan fingerprint density at radius 2 is 1.97 bits per heavy atom. The van der Waals surface area contributed by atoms with Crippen molar-refractivity contribution in [2.45, 2.75) is 6.10 Å². The zero-order valence-corrected chi connectivity index (χ0v) is 19.8. The molecule has 0 bridgehead atoms. The highest BCUT2D eigenvalue weighted by atomic mass is 32.2. The van der Waals surface area contributed by atoms with E-state index in [9.17, 15) is 8.42 Å². The number of hydrogen-bond acceptors (Lipinski definition) is 10. The van der Waals surface area contributed by atoms with Gasteiger partial charge in [-0.05, 0) is 18.2 Å². The third-order valence-corrected chi connectivity index (χ3v) is 7.34. The molecule has 0 radical (unpaired) electrons. The summed E-state index contributed by atoms with van der Waals surface area (Å²) in [5.41, 5.74) is 3.07. The predicted octanol–water partition coefficient (Wildman–Crippen LogP) is 0.569. The first-order chi connectivity index (χ1) is 16.5. The maximum atomic E-state index is 11.7. The zero-order chi connectivity index (χ0) is 23.5. The van der Waals surface area contributed by atoms with E-state index in [1.165, 1.54) is 10.6 Å². The molecule has 180 valence electrons. The van der Waals surface area contributed by atoms with Crippen LogP contribution in [0.1, 0.15) is 0 Å². The number of rotatable bonds is 6. The summed E-state index contributed by atoms with van der Waals surface area (Å²) in [5.74, 6) is 1.48. The van der Waals surface area contributed by atoms with E-state index in [2.05, 4.69) is 30.5 Å². The standard InChI is InChI=1S/C22H28N8O3S/c1-34(31,32)30-9-7-29(8-10-30)20-3-2-16(13-26-20)18-12-19-21(25-5-4-24-19)22(28-18)27-15-17-14-23-6-11-33-17/h2-5,12-13,17,23H,6-11,14-15H2,1H3,(H,27,28)/t17-/m0/s1. The molecule has 2 N–H and O–H groups in total. The van der Waals surface area contributed by atoms with Crippen molar-refractivity contribution in [3.8, 4) is 11.3 Å². The molecule has 2 aliphatic rings. The number of ether oxygens (including phenoxy) is 1. The molecule has 34 heavy (non-hydrogen) atoms. The highest BCUT2D eigenvalue weighted by molar-refractivity contribution is 7.88. The van der Waals surface area contributed by atoms with Gasteiger partial charge in [0, 0.05) is 70.0 Å². The van der Waals surface area contributed by atoms with E-state index < -0.39 is 10.0 Å². The van der Waals surface area contributed by atoms with Gasteiger partial charge in [0.2, 0.25) is 10.0 Å². The van der Waals surface area contributed by atoms with Gasteiger partial charge in [-0.2, -0.15) is 4.31 Å². The van der Waals surface area contributed by atoms with Gasteiger partial charge in [-0.25, -0.2) is 23.4 Å². The van der Waals surface area contributed by atoms with Crippen LogP contribution in [-0.2, 0) is 14.8 Å². The highest BCUT2D eigenvalue weighted by Crippen LogP contribution is 2.26. The lowest BCUT2D eigenvalue weighted by Gasteiger charge is -2.34. The second kappa shape index (κ2) is 9.74. The molecule has 5 rings (SSSR count). The van der Waals surface area contributed by atoms with Gasteiger partial charge in [0.1, 0.15) is 11.3 Å². The number of sulfonamides is 1. The maximum Gasteiger partial charge on any atom is 0.211 e. The minimum atomic E-state index is -3.16. The second-order valence-electron chi connectivity index (χ2n) is 8.41. The quantitative estimate of drug-likeness (QED) is 0.513. The van der Waals surface area contributed by atoms with Gasteiger partial charge in [0.05, 0.1) is 30.2 Å². The Hall–Kier alpha value is -2.93. The van der Waals surface area contributed by atoms with Crippen molar-refractivity contribution in [2.75, 3.05) is 68.9 Å². The summed E-state index contributed by atoms with van der Waals surface area (Å²) in [6.07, 6.45) is 6.43. The molecule has 2 saturated heterocycles. The Bertz CT molecular complexity index is 1240. The Morgan fingerprint density at radius 1 is 1.15 bits per heavy atom. The van der Waals surface area contributed by atoms with Gasteiger partial charge >= 0.3 is 0 Å². The van der Waals surface area contributed by atoms with Crippen LogP contribution in [0.2, 0.25) is 0 Å².